The maximum Gasteiger partial charge on any atom is 0.239 e. The van der Waals surface area contributed by atoms with Gasteiger partial charge in [0.15, 0.2) is 0 Å². The standard InChI is InChI=1S/C11H19ClN4O/c1-5-14-11(4,10(13)17)6-16-8(3)9(12)7(2)15-16/h14H,5-6H2,1-4H3,(H2,13,17). The maximum absolute atomic E-state index is 11.5. The summed E-state index contributed by atoms with van der Waals surface area (Å²) in [6.45, 7) is 8.43. The molecule has 3 N–H and O–H groups in total. The van der Waals surface area contributed by atoms with Crippen molar-refractivity contribution in [3.05, 3.63) is 16.4 Å². The summed E-state index contributed by atoms with van der Waals surface area (Å²) in [4.78, 5) is 11.5. The first kappa shape index (κ1) is 14.0. The van der Waals surface area contributed by atoms with Crippen LogP contribution in [0.25, 0.3) is 0 Å². The highest BCUT2D eigenvalue weighted by molar-refractivity contribution is 6.31. The van der Waals surface area contributed by atoms with E-state index in [0.717, 1.165) is 11.4 Å². The summed E-state index contributed by atoms with van der Waals surface area (Å²) in [5, 5.41) is 8.01. The van der Waals surface area contributed by atoms with Crippen LogP contribution >= 0.6 is 11.6 Å². The Balaban J connectivity index is 3.02. The van der Waals surface area contributed by atoms with E-state index in [1.807, 2.05) is 20.8 Å². The molecular formula is C11H19ClN4O. The second-order valence-electron chi connectivity index (χ2n) is 4.37. The quantitative estimate of drug-likeness (QED) is 0.828. The maximum atomic E-state index is 11.5. The average molecular weight is 259 g/mol. The molecule has 0 bridgehead atoms. The van der Waals surface area contributed by atoms with Crippen LogP contribution in [0.1, 0.15) is 25.2 Å². The van der Waals surface area contributed by atoms with E-state index >= 15 is 0 Å². The van der Waals surface area contributed by atoms with Gasteiger partial charge in [-0.1, -0.05) is 18.5 Å². The van der Waals surface area contributed by atoms with E-state index in [1.54, 1.807) is 11.6 Å². The summed E-state index contributed by atoms with van der Waals surface area (Å²) in [5.74, 6) is -0.400. The normalized spacial score (nSPS) is 14.6. The van der Waals surface area contributed by atoms with Gasteiger partial charge in [-0.15, -0.1) is 0 Å². The van der Waals surface area contributed by atoms with Gasteiger partial charge in [0.1, 0.15) is 5.54 Å². The zero-order valence-corrected chi connectivity index (χ0v) is 11.4. The molecule has 6 heteroatoms. The van der Waals surface area contributed by atoms with Crippen molar-refractivity contribution in [3.63, 3.8) is 0 Å². The third-order valence-corrected chi connectivity index (χ3v) is 3.42. The largest absolute Gasteiger partial charge is 0.368 e. The number of carbonyl (C=O) groups is 1. The number of hydrogen-bond acceptors (Lipinski definition) is 3. The number of hydrogen-bond donors (Lipinski definition) is 2. The Morgan fingerprint density at radius 3 is 2.53 bits per heavy atom. The van der Waals surface area contributed by atoms with E-state index in [-0.39, 0.29) is 0 Å². The van der Waals surface area contributed by atoms with Crippen LogP contribution < -0.4 is 11.1 Å². The van der Waals surface area contributed by atoms with Gasteiger partial charge in [0.2, 0.25) is 5.91 Å². The summed E-state index contributed by atoms with van der Waals surface area (Å²) in [6, 6.07) is 0. The number of primary amides is 1. The van der Waals surface area contributed by atoms with E-state index in [2.05, 4.69) is 10.4 Å². The zero-order chi connectivity index (χ0) is 13.2. The molecule has 1 aromatic heterocycles. The molecule has 17 heavy (non-hydrogen) atoms. The lowest BCUT2D eigenvalue weighted by Crippen LogP contribution is -2.56. The molecule has 96 valence electrons. The van der Waals surface area contributed by atoms with E-state index in [1.165, 1.54) is 0 Å². The molecule has 1 rings (SSSR count). The Morgan fingerprint density at radius 1 is 1.59 bits per heavy atom. The van der Waals surface area contributed by atoms with Gasteiger partial charge in [-0.25, -0.2) is 0 Å². The Bertz CT molecular complexity index is 429. The fraction of sp³-hybridized carbons (Fsp3) is 0.636. The predicted molar refractivity (Wildman–Crippen MR) is 68.0 cm³/mol. The highest BCUT2D eigenvalue weighted by Crippen LogP contribution is 2.20. The third kappa shape index (κ3) is 2.79. The van der Waals surface area contributed by atoms with Crippen molar-refractivity contribution in [2.75, 3.05) is 6.54 Å². The second-order valence-corrected chi connectivity index (χ2v) is 4.75. The van der Waals surface area contributed by atoms with E-state index in [9.17, 15) is 4.79 Å². The molecule has 0 aliphatic heterocycles. The SMILES string of the molecule is CCNC(C)(Cn1nc(C)c(Cl)c1C)C(N)=O. The van der Waals surface area contributed by atoms with Crippen LogP contribution in [0, 0.1) is 13.8 Å². The van der Waals surface area contributed by atoms with Crippen LogP contribution in [0.3, 0.4) is 0 Å². The van der Waals surface area contributed by atoms with Gasteiger partial charge >= 0.3 is 0 Å². The molecule has 1 heterocycles. The summed E-state index contributed by atoms with van der Waals surface area (Å²) >= 11 is 6.06. The number of nitrogens with one attached hydrogen (secondary N) is 1. The first-order valence-electron chi connectivity index (χ1n) is 5.56. The monoisotopic (exact) mass is 258 g/mol. The van der Waals surface area contributed by atoms with E-state index in [0.29, 0.717) is 18.1 Å². The number of aryl methyl sites for hydroxylation is 1. The topological polar surface area (TPSA) is 72.9 Å². The summed E-state index contributed by atoms with van der Waals surface area (Å²) in [6.07, 6.45) is 0. The number of nitrogens with zero attached hydrogens (tertiary/aromatic N) is 2. The summed E-state index contributed by atoms with van der Waals surface area (Å²) < 4.78 is 1.71. The average Bonchev–Trinajstić information content (AvgIpc) is 2.46. The van der Waals surface area contributed by atoms with Crippen LogP contribution in [0.4, 0.5) is 0 Å². The first-order chi connectivity index (χ1) is 7.81. The van der Waals surface area contributed by atoms with Gasteiger partial charge in [0, 0.05) is 0 Å². The molecule has 0 spiro atoms. The molecule has 0 aliphatic carbocycles. The molecule has 0 radical (unpaired) electrons. The van der Waals surface area contributed by atoms with Gasteiger partial charge in [0.25, 0.3) is 0 Å². The second kappa shape index (κ2) is 5.06. The fourth-order valence-electron chi connectivity index (χ4n) is 1.74. The highest BCUT2D eigenvalue weighted by atomic mass is 35.5. The van der Waals surface area contributed by atoms with E-state index < -0.39 is 11.4 Å². The van der Waals surface area contributed by atoms with Crippen molar-refractivity contribution >= 4 is 17.5 Å². The van der Waals surface area contributed by atoms with Crippen molar-refractivity contribution in [3.8, 4) is 0 Å². The molecule has 0 aliphatic rings. The molecule has 1 atom stereocenters. The van der Waals surface area contributed by atoms with Crippen molar-refractivity contribution in [1.29, 1.82) is 0 Å². The molecule has 1 aromatic rings. The predicted octanol–water partition coefficient (Wildman–Crippen LogP) is 1.01. The van der Waals surface area contributed by atoms with Gasteiger partial charge < -0.3 is 11.1 Å². The minimum absolute atomic E-state index is 0.371. The van der Waals surface area contributed by atoms with Gasteiger partial charge in [-0.3, -0.25) is 9.48 Å². The Kier molecular flexibility index (Phi) is 4.16. The van der Waals surface area contributed by atoms with Crippen LogP contribution in [-0.4, -0.2) is 27.8 Å². The highest BCUT2D eigenvalue weighted by Gasteiger charge is 2.31. The molecule has 0 fully saturated rings. The van der Waals surface area contributed by atoms with Gasteiger partial charge in [-0.05, 0) is 27.3 Å². The molecule has 5 nitrogen and oxygen atoms in total. The lowest BCUT2D eigenvalue weighted by Gasteiger charge is -2.27. The van der Waals surface area contributed by atoms with Crippen molar-refractivity contribution < 1.29 is 4.79 Å². The van der Waals surface area contributed by atoms with Crippen molar-refractivity contribution in [2.24, 2.45) is 5.73 Å². The van der Waals surface area contributed by atoms with Crippen molar-refractivity contribution in [1.82, 2.24) is 15.1 Å². The Labute approximate surface area is 106 Å². The molecule has 0 saturated carbocycles. The molecule has 0 aromatic carbocycles. The number of aromatic nitrogens is 2. The van der Waals surface area contributed by atoms with Gasteiger partial charge in [-0.2, -0.15) is 5.10 Å². The minimum atomic E-state index is -0.818. The first-order valence-corrected chi connectivity index (χ1v) is 5.94. The molecule has 1 unspecified atom stereocenters. The fourth-order valence-corrected chi connectivity index (χ4v) is 1.88. The van der Waals surface area contributed by atoms with Crippen LogP contribution in [0.2, 0.25) is 5.02 Å². The Morgan fingerprint density at radius 2 is 2.18 bits per heavy atom. The minimum Gasteiger partial charge on any atom is -0.368 e. The van der Waals surface area contributed by atoms with Crippen LogP contribution in [-0.2, 0) is 11.3 Å². The van der Waals surface area contributed by atoms with Crippen molar-refractivity contribution in [2.45, 2.75) is 39.8 Å². The number of halogens is 1. The zero-order valence-electron chi connectivity index (χ0n) is 10.7. The molecular weight excluding hydrogens is 240 g/mol. The van der Waals surface area contributed by atoms with Crippen LogP contribution in [0.5, 0.6) is 0 Å². The number of nitrogens with two attached hydrogens (primary N) is 1. The number of carbonyl (C=O) groups excluding carboxylic acids is 1. The van der Waals surface area contributed by atoms with Gasteiger partial charge in [0.05, 0.1) is 23.0 Å². The lowest BCUT2D eigenvalue weighted by atomic mass is 10.0. The lowest BCUT2D eigenvalue weighted by molar-refractivity contribution is -0.124. The number of rotatable bonds is 5. The number of likely N-dealkylation sites (N-methyl/N-ethyl adjacent to an activating group) is 1. The number of amides is 1. The van der Waals surface area contributed by atoms with Crippen LogP contribution in [0.15, 0.2) is 0 Å². The molecule has 0 saturated heterocycles. The third-order valence-electron chi connectivity index (χ3n) is 2.87. The molecule has 1 amide bonds. The summed E-state index contributed by atoms with van der Waals surface area (Å²) in [7, 11) is 0. The summed E-state index contributed by atoms with van der Waals surface area (Å²) in [5.41, 5.74) is 6.21. The van der Waals surface area contributed by atoms with E-state index in [4.69, 9.17) is 17.3 Å². The smallest absolute Gasteiger partial charge is 0.239 e. The Hall–Kier alpha value is -1.07.